The molecule has 11 heteroatoms. The molecule has 2 aromatic rings. The maximum atomic E-state index is 12.7. The lowest BCUT2D eigenvalue weighted by Gasteiger charge is -2.17. The Morgan fingerprint density at radius 1 is 1.38 bits per heavy atom. The highest BCUT2D eigenvalue weighted by Crippen LogP contribution is 2.31. The summed E-state index contributed by atoms with van der Waals surface area (Å²) in [5.41, 5.74) is 0. The molecule has 8 nitrogen and oxygen atoms in total. The second-order valence-electron chi connectivity index (χ2n) is 6.01. The fourth-order valence-electron chi connectivity index (χ4n) is 2.34. The summed E-state index contributed by atoms with van der Waals surface area (Å²) in [7, 11) is -0.791. The van der Waals surface area contributed by atoms with Gasteiger partial charge in [0.05, 0.1) is 12.0 Å². The fourth-order valence-corrected chi connectivity index (χ4v) is 5.37. The van der Waals surface area contributed by atoms with Gasteiger partial charge in [0.1, 0.15) is 10.3 Å². The monoisotopic (exact) mass is 418 g/mol. The normalized spacial score (nSPS) is 13.2. The van der Waals surface area contributed by atoms with Crippen LogP contribution in [0, 0.1) is 5.92 Å². The molecule has 0 aromatic carbocycles. The van der Waals surface area contributed by atoms with Gasteiger partial charge in [-0.05, 0) is 30.7 Å². The van der Waals surface area contributed by atoms with Gasteiger partial charge in [0.2, 0.25) is 0 Å². The van der Waals surface area contributed by atoms with Gasteiger partial charge in [0, 0.05) is 7.05 Å². The van der Waals surface area contributed by atoms with E-state index >= 15 is 0 Å². The summed E-state index contributed by atoms with van der Waals surface area (Å²) >= 11 is 2.53. The minimum Gasteiger partial charge on any atom is -0.468 e. The van der Waals surface area contributed by atoms with Gasteiger partial charge in [-0.25, -0.2) is 8.42 Å². The lowest BCUT2D eigenvalue weighted by atomic mass is 10.1. The number of hydrogen-bond donors (Lipinski definition) is 1. The third kappa shape index (κ3) is 4.64. The molecule has 2 heterocycles. The molecule has 144 valence electrons. The van der Waals surface area contributed by atoms with Crippen LogP contribution in [0.3, 0.4) is 0 Å². The quantitative estimate of drug-likeness (QED) is 0.517. The zero-order valence-corrected chi connectivity index (χ0v) is 17.7. The summed E-state index contributed by atoms with van der Waals surface area (Å²) < 4.78 is 34.4. The number of methoxy groups -OCH3 is 1. The molecule has 0 bridgehead atoms. The number of carbonyl (C=O) groups is 1. The number of carbonyl (C=O) groups excluding carboxylic acids is 1. The number of ether oxygens (including phenoxy) is 1. The van der Waals surface area contributed by atoms with Gasteiger partial charge in [0.25, 0.3) is 10.0 Å². The van der Waals surface area contributed by atoms with Crippen molar-refractivity contribution in [2.75, 3.05) is 13.4 Å². The number of nitrogens with zero attached hydrogens (tertiary/aromatic N) is 3. The van der Waals surface area contributed by atoms with E-state index in [4.69, 9.17) is 4.74 Å². The summed E-state index contributed by atoms with van der Waals surface area (Å²) in [6.45, 7) is 3.82. The molecule has 0 spiro atoms. The van der Waals surface area contributed by atoms with Crippen molar-refractivity contribution in [3.8, 4) is 10.7 Å². The molecular formula is C15H22N4O4S3. The molecule has 0 unspecified atom stereocenters. The molecule has 0 radical (unpaired) electrons. The standard InChI is InChI=1S/C15H22N4O4S3/c1-9(2)8-10(14(20)23-4)18-26(21,22)12-7-6-11(25-12)13-16-17-15(24-5)19(13)3/h6-7,9-10,18H,8H2,1-5H3/t10-/m1/s1. The lowest BCUT2D eigenvalue weighted by Crippen LogP contribution is -2.42. The largest absolute Gasteiger partial charge is 0.468 e. The minimum atomic E-state index is -3.85. The number of esters is 1. The van der Waals surface area contributed by atoms with Crippen molar-refractivity contribution in [2.24, 2.45) is 13.0 Å². The van der Waals surface area contributed by atoms with Crippen LogP contribution in [0.5, 0.6) is 0 Å². The smallest absolute Gasteiger partial charge is 0.323 e. The topological polar surface area (TPSA) is 103 Å². The van der Waals surface area contributed by atoms with E-state index in [1.807, 2.05) is 27.2 Å². The SMILES string of the molecule is COC(=O)[C@@H](CC(C)C)NS(=O)(=O)c1ccc(-c2nnc(SC)n2C)s1. The zero-order chi connectivity index (χ0) is 19.5. The molecule has 0 aliphatic heterocycles. The highest BCUT2D eigenvalue weighted by molar-refractivity contribution is 7.98. The first-order valence-corrected chi connectivity index (χ1v) is 11.4. The van der Waals surface area contributed by atoms with Gasteiger partial charge < -0.3 is 9.30 Å². The highest BCUT2D eigenvalue weighted by atomic mass is 32.2. The highest BCUT2D eigenvalue weighted by Gasteiger charge is 2.28. The molecule has 0 aliphatic rings. The molecule has 0 saturated heterocycles. The molecule has 1 atom stereocenters. The van der Waals surface area contributed by atoms with Crippen LogP contribution in [0.1, 0.15) is 20.3 Å². The van der Waals surface area contributed by atoms with E-state index in [0.29, 0.717) is 17.1 Å². The van der Waals surface area contributed by atoms with E-state index in [1.165, 1.54) is 24.9 Å². The first-order valence-electron chi connectivity index (χ1n) is 7.83. The average molecular weight is 419 g/mol. The molecule has 0 aliphatic carbocycles. The average Bonchev–Trinajstić information content (AvgIpc) is 3.19. The summed E-state index contributed by atoms with van der Waals surface area (Å²) in [5.74, 6) is 0.119. The molecule has 2 aromatic heterocycles. The lowest BCUT2D eigenvalue weighted by molar-refractivity contribution is -0.143. The van der Waals surface area contributed by atoms with Crippen LogP contribution < -0.4 is 4.72 Å². The van der Waals surface area contributed by atoms with Gasteiger partial charge >= 0.3 is 5.97 Å². The number of rotatable bonds is 8. The zero-order valence-electron chi connectivity index (χ0n) is 15.2. The first kappa shape index (κ1) is 20.9. The predicted octanol–water partition coefficient (Wildman–Crippen LogP) is 2.13. The van der Waals surface area contributed by atoms with Crippen molar-refractivity contribution in [2.45, 2.75) is 35.7 Å². The maximum absolute atomic E-state index is 12.7. The van der Waals surface area contributed by atoms with E-state index in [1.54, 1.807) is 10.6 Å². The fraction of sp³-hybridized carbons (Fsp3) is 0.533. The Morgan fingerprint density at radius 2 is 2.08 bits per heavy atom. The van der Waals surface area contributed by atoms with Crippen molar-refractivity contribution in [3.05, 3.63) is 12.1 Å². The van der Waals surface area contributed by atoms with E-state index in [0.717, 1.165) is 16.5 Å². The van der Waals surface area contributed by atoms with Crippen LogP contribution in [0.15, 0.2) is 21.5 Å². The second-order valence-corrected chi connectivity index (χ2v) is 9.81. The van der Waals surface area contributed by atoms with Gasteiger partial charge in [0.15, 0.2) is 11.0 Å². The van der Waals surface area contributed by atoms with Crippen molar-refractivity contribution < 1.29 is 17.9 Å². The van der Waals surface area contributed by atoms with Crippen molar-refractivity contribution in [1.29, 1.82) is 0 Å². The Morgan fingerprint density at radius 3 is 2.62 bits per heavy atom. The molecule has 26 heavy (non-hydrogen) atoms. The van der Waals surface area contributed by atoms with Crippen LogP contribution in [-0.4, -0.2) is 48.6 Å². The summed E-state index contributed by atoms with van der Waals surface area (Å²) in [5, 5.41) is 8.90. The molecule has 2 rings (SSSR count). The number of sulfonamides is 1. The number of hydrogen-bond acceptors (Lipinski definition) is 8. The van der Waals surface area contributed by atoms with E-state index < -0.39 is 22.0 Å². The third-order valence-corrected chi connectivity index (χ3v) is 7.34. The number of aromatic nitrogens is 3. The van der Waals surface area contributed by atoms with Crippen LogP contribution in [0.25, 0.3) is 10.7 Å². The van der Waals surface area contributed by atoms with E-state index in [-0.39, 0.29) is 10.1 Å². The Hall–Kier alpha value is -1.43. The van der Waals surface area contributed by atoms with Gasteiger partial charge in [-0.3, -0.25) is 4.79 Å². The first-order chi connectivity index (χ1) is 12.2. The molecular weight excluding hydrogens is 396 g/mol. The Labute approximate surface area is 161 Å². The van der Waals surface area contributed by atoms with Crippen molar-refractivity contribution in [1.82, 2.24) is 19.5 Å². The van der Waals surface area contributed by atoms with Gasteiger partial charge in [-0.2, -0.15) is 4.72 Å². The van der Waals surface area contributed by atoms with Crippen molar-refractivity contribution in [3.63, 3.8) is 0 Å². The molecule has 0 saturated carbocycles. The van der Waals surface area contributed by atoms with E-state index in [9.17, 15) is 13.2 Å². The Kier molecular flexibility index (Phi) is 6.83. The third-order valence-electron chi connectivity index (χ3n) is 3.57. The second kappa shape index (κ2) is 8.51. The van der Waals surface area contributed by atoms with Crippen LogP contribution in [0.4, 0.5) is 0 Å². The maximum Gasteiger partial charge on any atom is 0.323 e. The molecule has 1 N–H and O–H groups in total. The number of nitrogens with one attached hydrogen (secondary N) is 1. The van der Waals surface area contributed by atoms with Gasteiger partial charge in [-0.1, -0.05) is 25.6 Å². The summed E-state index contributed by atoms with van der Waals surface area (Å²) in [6, 6.07) is 2.26. The number of thioether (sulfide) groups is 1. The molecule has 0 amide bonds. The predicted molar refractivity (Wildman–Crippen MR) is 102 cm³/mol. The Balaban J connectivity index is 2.28. The van der Waals surface area contributed by atoms with E-state index in [2.05, 4.69) is 14.9 Å². The Bertz CT molecular complexity index is 873. The molecule has 0 fully saturated rings. The van der Waals surface area contributed by atoms with Crippen molar-refractivity contribution >= 4 is 39.1 Å². The van der Waals surface area contributed by atoms with Gasteiger partial charge in [-0.15, -0.1) is 21.5 Å². The van der Waals surface area contributed by atoms with Crippen LogP contribution >= 0.6 is 23.1 Å². The van der Waals surface area contributed by atoms with Crippen LogP contribution in [-0.2, 0) is 26.6 Å². The summed E-state index contributed by atoms with van der Waals surface area (Å²) in [4.78, 5) is 12.6. The number of thiophene rings is 1. The van der Waals surface area contributed by atoms with Crippen LogP contribution in [0.2, 0.25) is 0 Å². The minimum absolute atomic E-state index is 0.110. The summed E-state index contributed by atoms with van der Waals surface area (Å²) in [6.07, 6.45) is 2.24.